The molecule has 0 aliphatic carbocycles. The molecule has 0 saturated carbocycles. The van der Waals surface area contributed by atoms with Crippen LogP contribution in [0.1, 0.15) is 37.0 Å². The Labute approximate surface area is 176 Å². The summed E-state index contributed by atoms with van der Waals surface area (Å²) in [6.45, 7) is 5.21. The first kappa shape index (κ1) is 21.1. The summed E-state index contributed by atoms with van der Waals surface area (Å²) in [6.07, 6.45) is 6.39. The molecule has 0 aliphatic rings. The zero-order valence-electron chi connectivity index (χ0n) is 17.1. The molecule has 0 saturated heterocycles. The highest BCUT2D eigenvalue weighted by atomic mass is 16.5. The van der Waals surface area contributed by atoms with Crippen molar-refractivity contribution in [3.8, 4) is 23.1 Å². The summed E-state index contributed by atoms with van der Waals surface area (Å²) in [6, 6.07) is 12.3. The molecule has 3 aromatic rings. The van der Waals surface area contributed by atoms with Crippen molar-refractivity contribution >= 4 is 11.6 Å². The van der Waals surface area contributed by atoms with Crippen molar-refractivity contribution in [2.45, 2.75) is 26.7 Å². The van der Waals surface area contributed by atoms with Crippen molar-refractivity contribution in [1.29, 1.82) is 0 Å². The van der Waals surface area contributed by atoms with Crippen molar-refractivity contribution in [3.05, 3.63) is 66.6 Å². The van der Waals surface area contributed by atoms with Crippen LogP contribution in [-0.4, -0.2) is 29.1 Å². The predicted molar refractivity (Wildman–Crippen MR) is 115 cm³/mol. The van der Waals surface area contributed by atoms with Gasteiger partial charge in [-0.05, 0) is 43.2 Å². The topological polar surface area (TPSA) is 82.6 Å². The van der Waals surface area contributed by atoms with E-state index in [-0.39, 0.29) is 5.91 Å². The normalized spacial score (nSPS) is 10.3. The van der Waals surface area contributed by atoms with Crippen LogP contribution in [0, 0.1) is 0 Å². The Hall–Kier alpha value is -3.61. The predicted octanol–water partition coefficient (Wildman–Crippen LogP) is 5.10. The summed E-state index contributed by atoms with van der Waals surface area (Å²) in [4.78, 5) is 20.8. The first-order chi connectivity index (χ1) is 14.7. The molecule has 0 atom stereocenters. The molecule has 30 heavy (non-hydrogen) atoms. The van der Waals surface area contributed by atoms with Gasteiger partial charge in [-0.15, -0.1) is 0 Å². The van der Waals surface area contributed by atoms with Crippen molar-refractivity contribution in [2.75, 3.05) is 18.5 Å². The van der Waals surface area contributed by atoms with Crippen LogP contribution in [0.5, 0.6) is 23.1 Å². The summed E-state index contributed by atoms with van der Waals surface area (Å²) in [7, 11) is 0. The van der Waals surface area contributed by atoms with Crippen molar-refractivity contribution in [1.82, 2.24) is 9.97 Å². The molecule has 1 heterocycles. The highest BCUT2D eigenvalue weighted by molar-refractivity contribution is 6.04. The lowest BCUT2D eigenvalue weighted by Gasteiger charge is -2.14. The number of rotatable bonds is 10. The van der Waals surface area contributed by atoms with E-state index in [1.807, 2.05) is 13.8 Å². The second-order valence-corrected chi connectivity index (χ2v) is 6.49. The van der Waals surface area contributed by atoms with E-state index in [1.54, 1.807) is 54.9 Å². The number of carbonyl (C=O) groups is 1. The molecule has 0 fully saturated rings. The fraction of sp³-hybridized carbons (Fsp3) is 0.261. The Morgan fingerprint density at radius 2 is 1.77 bits per heavy atom. The molecule has 1 amide bonds. The van der Waals surface area contributed by atoms with E-state index in [9.17, 15) is 4.79 Å². The van der Waals surface area contributed by atoms with Gasteiger partial charge in [0.05, 0.1) is 19.4 Å². The number of nitrogens with one attached hydrogen (secondary N) is 1. The summed E-state index contributed by atoms with van der Waals surface area (Å²) in [5.41, 5.74) is 1.08. The van der Waals surface area contributed by atoms with Gasteiger partial charge in [-0.2, -0.15) is 0 Å². The quantitative estimate of drug-likeness (QED) is 0.503. The minimum Gasteiger partial charge on any atom is -0.490 e. The Balaban J connectivity index is 1.72. The van der Waals surface area contributed by atoms with Crippen LogP contribution in [0.2, 0.25) is 0 Å². The molecule has 7 heteroatoms. The van der Waals surface area contributed by atoms with Gasteiger partial charge in [0, 0.05) is 29.7 Å². The summed E-state index contributed by atoms with van der Waals surface area (Å²) in [5, 5.41) is 2.88. The number of benzene rings is 2. The molecule has 7 nitrogen and oxygen atoms in total. The molecule has 156 valence electrons. The lowest BCUT2D eigenvalue weighted by molar-refractivity contribution is 0.102. The number of hydrogen-bond donors (Lipinski definition) is 1. The van der Waals surface area contributed by atoms with E-state index in [4.69, 9.17) is 14.2 Å². The van der Waals surface area contributed by atoms with Crippen LogP contribution in [-0.2, 0) is 0 Å². The Morgan fingerprint density at radius 3 is 2.50 bits per heavy atom. The number of aromatic nitrogens is 2. The largest absolute Gasteiger partial charge is 0.490 e. The molecule has 3 rings (SSSR count). The first-order valence-corrected chi connectivity index (χ1v) is 9.94. The number of carbonyl (C=O) groups excluding carboxylic acids is 1. The zero-order chi connectivity index (χ0) is 21.2. The fourth-order valence-corrected chi connectivity index (χ4v) is 2.60. The third kappa shape index (κ3) is 5.94. The van der Waals surface area contributed by atoms with Crippen LogP contribution in [0.25, 0.3) is 0 Å². The molecule has 1 aromatic heterocycles. The minimum atomic E-state index is -0.255. The maximum Gasteiger partial charge on any atom is 0.255 e. The van der Waals surface area contributed by atoms with Crippen LogP contribution >= 0.6 is 0 Å². The first-order valence-electron chi connectivity index (χ1n) is 9.94. The molecule has 0 bridgehead atoms. The van der Waals surface area contributed by atoms with E-state index >= 15 is 0 Å². The van der Waals surface area contributed by atoms with Crippen molar-refractivity contribution in [2.24, 2.45) is 0 Å². The van der Waals surface area contributed by atoms with Gasteiger partial charge in [0.2, 0.25) is 5.88 Å². The van der Waals surface area contributed by atoms with Crippen molar-refractivity contribution in [3.63, 3.8) is 0 Å². The second-order valence-electron chi connectivity index (χ2n) is 6.49. The number of nitrogens with zero attached hydrogens (tertiary/aromatic N) is 2. The third-order valence-corrected chi connectivity index (χ3v) is 3.98. The van der Waals surface area contributed by atoms with Gasteiger partial charge in [0.25, 0.3) is 5.91 Å². The van der Waals surface area contributed by atoms with Gasteiger partial charge in [-0.1, -0.05) is 19.9 Å². The van der Waals surface area contributed by atoms with Gasteiger partial charge >= 0.3 is 0 Å². The van der Waals surface area contributed by atoms with Gasteiger partial charge in [-0.3, -0.25) is 9.78 Å². The molecule has 0 aliphatic heterocycles. The smallest absolute Gasteiger partial charge is 0.255 e. The maximum absolute atomic E-state index is 12.8. The maximum atomic E-state index is 12.8. The van der Waals surface area contributed by atoms with E-state index in [0.717, 1.165) is 12.8 Å². The summed E-state index contributed by atoms with van der Waals surface area (Å²) in [5.74, 6) is 1.87. The molecule has 0 radical (unpaired) electrons. The lowest BCUT2D eigenvalue weighted by atomic mass is 10.1. The second kappa shape index (κ2) is 10.8. The molecule has 0 unspecified atom stereocenters. The number of amides is 1. The highest BCUT2D eigenvalue weighted by Gasteiger charge is 2.13. The number of ether oxygens (including phenoxy) is 3. The highest BCUT2D eigenvalue weighted by Crippen LogP contribution is 2.29. The monoisotopic (exact) mass is 407 g/mol. The standard InChI is InChI=1S/C23H25N3O4/c1-3-12-28-20-9-8-17(14-21(20)29-13-4-2)23(27)26-18-6-5-7-19(15-18)30-22-16-24-10-11-25-22/h5-11,14-16H,3-4,12-13H2,1-2H3,(H,26,27). The molecular formula is C23H25N3O4. The number of hydrogen-bond acceptors (Lipinski definition) is 6. The Bertz CT molecular complexity index is 964. The van der Waals surface area contributed by atoms with Crippen LogP contribution in [0.4, 0.5) is 5.69 Å². The Morgan fingerprint density at radius 1 is 0.967 bits per heavy atom. The van der Waals surface area contributed by atoms with E-state index in [0.29, 0.717) is 47.6 Å². The molecular weight excluding hydrogens is 382 g/mol. The molecule has 2 aromatic carbocycles. The van der Waals surface area contributed by atoms with Crippen molar-refractivity contribution < 1.29 is 19.0 Å². The van der Waals surface area contributed by atoms with E-state index < -0.39 is 0 Å². The minimum absolute atomic E-state index is 0.255. The van der Waals surface area contributed by atoms with Gasteiger partial charge in [-0.25, -0.2) is 4.98 Å². The SMILES string of the molecule is CCCOc1ccc(C(=O)Nc2cccc(Oc3cnccn3)c2)cc1OCCC. The van der Waals surface area contributed by atoms with Crippen LogP contribution < -0.4 is 19.5 Å². The lowest BCUT2D eigenvalue weighted by Crippen LogP contribution is -2.12. The third-order valence-electron chi connectivity index (χ3n) is 3.98. The van der Waals surface area contributed by atoms with Gasteiger partial charge in [0.15, 0.2) is 11.5 Å². The van der Waals surface area contributed by atoms with E-state index in [2.05, 4.69) is 15.3 Å². The van der Waals surface area contributed by atoms with E-state index in [1.165, 1.54) is 6.20 Å². The number of anilines is 1. The zero-order valence-corrected chi connectivity index (χ0v) is 17.1. The molecule has 0 spiro atoms. The average molecular weight is 407 g/mol. The van der Waals surface area contributed by atoms with Gasteiger partial charge in [0.1, 0.15) is 5.75 Å². The van der Waals surface area contributed by atoms with Crippen LogP contribution in [0.15, 0.2) is 61.1 Å². The average Bonchev–Trinajstić information content (AvgIpc) is 2.77. The Kier molecular flexibility index (Phi) is 7.60. The summed E-state index contributed by atoms with van der Waals surface area (Å²) >= 11 is 0. The summed E-state index contributed by atoms with van der Waals surface area (Å²) < 4.78 is 17.2. The van der Waals surface area contributed by atoms with Gasteiger partial charge < -0.3 is 19.5 Å². The fourth-order valence-electron chi connectivity index (χ4n) is 2.60. The molecule has 1 N–H and O–H groups in total. The van der Waals surface area contributed by atoms with Crippen LogP contribution in [0.3, 0.4) is 0 Å².